The number of piperazine rings is 1. The number of thioether (sulfide) groups is 1. The summed E-state index contributed by atoms with van der Waals surface area (Å²) in [4.78, 5) is 21.9. The van der Waals surface area contributed by atoms with Crippen LogP contribution in [0.2, 0.25) is 0 Å². The van der Waals surface area contributed by atoms with Crippen molar-refractivity contribution in [1.82, 2.24) is 19.4 Å². The van der Waals surface area contributed by atoms with Crippen LogP contribution in [-0.4, -0.2) is 63.2 Å². The Morgan fingerprint density at radius 1 is 1.17 bits per heavy atom. The molecule has 0 radical (unpaired) electrons. The minimum atomic E-state index is -0.0923. The molecule has 1 aliphatic heterocycles. The highest BCUT2D eigenvalue weighted by atomic mass is 32.2. The Morgan fingerprint density at radius 2 is 1.79 bits per heavy atom. The number of nitrogens with zero attached hydrogens (tertiary/aromatic N) is 4. The lowest BCUT2D eigenvalue weighted by Crippen LogP contribution is -2.50. The Hall–Kier alpha value is -1.01. The molecule has 24 heavy (non-hydrogen) atoms. The molecule has 2 heterocycles. The maximum Gasteiger partial charge on any atom is 0.235 e. The van der Waals surface area contributed by atoms with Gasteiger partial charge in [0.1, 0.15) is 0 Å². The third-order valence-electron chi connectivity index (χ3n) is 4.73. The summed E-state index contributed by atoms with van der Waals surface area (Å²) in [5.41, 5.74) is 2.27. The van der Waals surface area contributed by atoms with E-state index in [0.717, 1.165) is 50.1 Å². The van der Waals surface area contributed by atoms with Crippen LogP contribution in [0.15, 0.2) is 5.16 Å². The van der Waals surface area contributed by atoms with Gasteiger partial charge in [-0.2, -0.15) is 0 Å². The van der Waals surface area contributed by atoms with Crippen LogP contribution in [0, 0.1) is 19.8 Å². The molecule has 1 aromatic rings. The minimum absolute atomic E-state index is 0.0923. The number of likely N-dealkylation sites (N-methyl/N-ethyl adjacent to an activating group) is 1. The third kappa shape index (κ3) is 4.54. The van der Waals surface area contributed by atoms with Crippen LogP contribution < -0.4 is 0 Å². The predicted octanol–water partition coefficient (Wildman–Crippen LogP) is 2.80. The number of rotatable bonds is 6. The molecule has 0 bridgehead atoms. The minimum Gasteiger partial charge on any atom is -0.339 e. The van der Waals surface area contributed by atoms with Crippen LogP contribution in [0.4, 0.5) is 0 Å². The molecule has 1 aliphatic rings. The maximum atomic E-state index is 12.8. The van der Waals surface area contributed by atoms with Crippen LogP contribution >= 0.6 is 11.8 Å². The molecule has 1 amide bonds. The van der Waals surface area contributed by atoms with Crippen molar-refractivity contribution >= 4 is 17.7 Å². The first-order valence-corrected chi connectivity index (χ1v) is 9.93. The van der Waals surface area contributed by atoms with E-state index >= 15 is 0 Å². The van der Waals surface area contributed by atoms with Crippen molar-refractivity contribution in [3.63, 3.8) is 0 Å². The summed E-state index contributed by atoms with van der Waals surface area (Å²) in [5, 5.41) is 0.886. The van der Waals surface area contributed by atoms with Gasteiger partial charge in [0.25, 0.3) is 0 Å². The molecule has 0 aromatic carbocycles. The lowest BCUT2D eigenvalue weighted by atomic mass is 10.2. The summed E-state index contributed by atoms with van der Waals surface area (Å²) < 4.78 is 2.27. The molecular formula is C18H32N4OS. The second-order valence-electron chi connectivity index (χ2n) is 7.09. The highest BCUT2D eigenvalue weighted by Crippen LogP contribution is 2.27. The van der Waals surface area contributed by atoms with Gasteiger partial charge >= 0.3 is 0 Å². The van der Waals surface area contributed by atoms with Gasteiger partial charge in [-0.25, -0.2) is 4.98 Å². The summed E-state index contributed by atoms with van der Waals surface area (Å²) in [7, 11) is 0. The molecule has 5 nitrogen and oxygen atoms in total. The third-order valence-corrected chi connectivity index (χ3v) is 5.81. The maximum absolute atomic E-state index is 12.8. The number of aryl methyl sites for hydroxylation is 1. The lowest BCUT2D eigenvalue weighted by Gasteiger charge is -2.35. The Labute approximate surface area is 150 Å². The van der Waals surface area contributed by atoms with E-state index in [9.17, 15) is 4.79 Å². The number of hydrogen-bond acceptors (Lipinski definition) is 4. The monoisotopic (exact) mass is 352 g/mol. The molecule has 1 aromatic heterocycles. The molecule has 0 aliphatic carbocycles. The molecule has 2 rings (SSSR count). The molecule has 0 spiro atoms. The van der Waals surface area contributed by atoms with E-state index in [1.165, 1.54) is 5.69 Å². The first kappa shape index (κ1) is 19.3. The van der Waals surface area contributed by atoms with Gasteiger partial charge in [-0.3, -0.25) is 4.79 Å². The Bertz CT molecular complexity index is 562. The van der Waals surface area contributed by atoms with E-state index < -0.39 is 0 Å². The van der Waals surface area contributed by atoms with E-state index in [4.69, 9.17) is 4.98 Å². The number of carbonyl (C=O) groups is 1. The van der Waals surface area contributed by atoms with E-state index in [-0.39, 0.29) is 11.2 Å². The second-order valence-corrected chi connectivity index (χ2v) is 8.40. The van der Waals surface area contributed by atoms with Crippen LogP contribution in [0.5, 0.6) is 0 Å². The van der Waals surface area contributed by atoms with Crippen LogP contribution in [-0.2, 0) is 11.3 Å². The van der Waals surface area contributed by atoms with E-state index in [1.807, 2.05) is 18.7 Å². The molecular weight excluding hydrogens is 320 g/mol. The average Bonchev–Trinajstić information content (AvgIpc) is 2.81. The van der Waals surface area contributed by atoms with Gasteiger partial charge in [0.2, 0.25) is 5.91 Å². The smallest absolute Gasteiger partial charge is 0.235 e. The zero-order valence-corrected chi connectivity index (χ0v) is 16.8. The zero-order valence-electron chi connectivity index (χ0n) is 16.0. The molecule has 0 saturated carbocycles. The molecule has 1 saturated heterocycles. The topological polar surface area (TPSA) is 41.4 Å². The van der Waals surface area contributed by atoms with Gasteiger partial charge in [0.15, 0.2) is 5.16 Å². The summed E-state index contributed by atoms with van der Waals surface area (Å²) in [5.74, 6) is 0.801. The van der Waals surface area contributed by atoms with Crippen molar-refractivity contribution in [2.45, 2.75) is 58.5 Å². The largest absolute Gasteiger partial charge is 0.339 e. The molecule has 1 atom stereocenters. The van der Waals surface area contributed by atoms with Crippen molar-refractivity contribution in [1.29, 1.82) is 0 Å². The fourth-order valence-corrected chi connectivity index (χ4v) is 4.14. The standard InChI is InChI=1S/C18H32N4OS/c1-7-20-8-10-21(11-9-20)17(23)16(6)24-18-19-14(4)15(5)22(18)12-13(2)3/h13,16H,7-12H2,1-6H3. The van der Waals surface area contributed by atoms with Gasteiger partial charge in [0, 0.05) is 38.4 Å². The number of carbonyl (C=O) groups excluding carboxylic acids is 1. The zero-order chi connectivity index (χ0) is 17.9. The molecule has 1 fully saturated rings. The number of amides is 1. The molecule has 6 heteroatoms. The van der Waals surface area contributed by atoms with Gasteiger partial charge in [-0.1, -0.05) is 32.5 Å². The fraction of sp³-hybridized carbons (Fsp3) is 0.778. The lowest BCUT2D eigenvalue weighted by molar-refractivity contribution is -0.132. The number of imidazole rings is 1. The fourth-order valence-electron chi connectivity index (χ4n) is 3.04. The van der Waals surface area contributed by atoms with Crippen LogP contribution in [0.25, 0.3) is 0 Å². The Balaban J connectivity index is 2.03. The van der Waals surface area contributed by atoms with E-state index in [2.05, 4.69) is 37.2 Å². The van der Waals surface area contributed by atoms with Crippen LogP contribution in [0.1, 0.15) is 39.1 Å². The molecule has 136 valence electrons. The second kappa shape index (κ2) is 8.39. The van der Waals surface area contributed by atoms with Crippen molar-refractivity contribution in [2.24, 2.45) is 5.92 Å². The van der Waals surface area contributed by atoms with Gasteiger partial charge < -0.3 is 14.4 Å². The van der Waals surface area contributed by atoms with Crippen LogP contribution in [0.3, 0.4) is 0 Å². The van der Waals surface area contributed by atoms with Gasteiger partial charge in [-0.05, 0) is 33.2 Å². The Morgan fingerprint density at radius 3 is 2.33 bits per heavy atom. The van der Waals surface area contributed by atoms with Gasteiger partial charge in [-0.15, -0.1) is 0 Å². The highest BCUT2D eigenvalue weighted by molar-refractivity contribution is 8.00. The van der Waals surface area contributed by atoms with Crippen molar-refractivity contribution in [2.75, 3.05) is 32.7 Å². The molecule has 1 unspecified atom stereocenters. The number of hydrogen-bond donors (Lipinski definition) is 0. The SMILES string of the molecule is CCN1CCN(C(=O)C(C)Sc2nc(C)c(C)n2CC(C)C)CC1. The number of aromatic nitrogens is 2. The first-order chi connectivity index (χ1) is 11.3. The van der Waals surface area contributed by atoms with Gasteiger partial charge in [0.05, 0.1) is 10.9 Å². The van der Waals surface area contributed by atoms with E-state index in [0.29, 0.717) is 5.92 Å². The predicted molar refractivity (Wildman–Crippen MR) is 101 cm³/mol. The summed E-state index contributed by atoms with van der Waals surface area (Å²) in [6, 6.07) is 0. The first-order valence-electron chi connectivity index (χ1n) is 9.05. The summed E-state index contributed by atoms with van der Waals surface area (Å²) in [6.07, 6.45) is 0. The molecule has 0 N–H and O–H groups in total. The summed E-state index contributed by atoms with van der Waals surface area (Å²) in [6.45, 7) is 18.5. The summed E-state index contributed by atoms with van der Waals surface area (Å²) >= 11 is 1.60. The highest BCUT2D eigenvalue weighted by Gasteiger charge is 2.26. The van der Waals surface area contributed by atoms with Crippen molar-refractivity contribution in [3.8, 4) is 0 Å². The quantitative estimate of drug-likeness (QED) is 0.738. The van der Waals surface area contributed by atoms with Crippen molar-refractivity contribution in [3.05, 3.63) is 11.4 Å². The van der Waals surface area contributed by atoms with Crippen molar-refractivity contribution < 1.29 is 4.79 Å². The van der Waals surface area contributed by atoms with E-state index in [1.54, 1.807) is 11.8 Å². The Kier molecular flexibility index (Phi) is 6.75. The average molecular weight is 353 g/mol. The normalized spacial score (nSPS) is 17.5.